The molecule has 0 saturated heterocycles. The van der Waals surface area contributed by atoms with Crippen LogP contribution >= 0.6 is 22.9 Å². The first-order chi connectivity index (χ1) is 9.17. The highest BCUT2D eigenvalue weighted by atomic mass is 35.5. The molecule has 0 aliphatic carbocycles. The molecule has 3 nitrogen and oxygen atoms in total. The molecule has 1 aromatic heterocycles. The predicted molar refractivity (Wildman–Crippen MR) is 77.5 cm³/mol. The molecule has 1 atom stereocenters. The molecule has 0 saturated carbocycles. The maximum absolute atomic E-state index is 10.3. The van der Waals surface area contributed by atoms with Gasteiger partial charge >= 0.3 is 0 Å². The van der Waals surface area contributed by atoms with Gasteiger partial charge in [0.25, 0.3) is 0 Å². The van der Waals surface area contributed by atoms with Crippen molar-refractivity contribution in [2.24, 2.45) is 0 Å². The normalized spacial score (nSPS) is 12.2. The van der Waals surface area contributed by atoms with Crippen LogP contribution in [0.25, 0.3) is 0 Å². The molecule has 0 amide bonds. The number of aliphatic hydroxyl groups excluding tert-OH is 1. The zero-order valence-electron chi connectivity index (χ0n) is 10.7. The Bertz CT molecular complexity index is 540. The molecule has 1 unspecified atom stereocenters. The number of methoxy groups -OCH3 is 2. The summed E-state index contributed by atoms with van der Waals surface area (Å²) in [5, 5.41) is 12.7. The van der Waals surface area contributed by atoms with E-state index in [0.717, 1.165) is 4.88 Å². The number of hydrogen-bond acceptors (Lipinski definition) is 4. The first kappa shape index (κ1) is 14.2. The van der Waals surface area contributed by atoms with Gasteiger partial charge in [0.15, 0.2) is 11.5 Å². The molecule has 0 spiro atoms. The van der Waals surface area contributed by atoms with Gasteiger partial charge in [-0.3, -0.25) is 0 Å². The molecule has 0 radical (unpaired) electrons. The number of thiophene rings is 1. The lowest BCUT2D eigenvalue weighted by atomic mass is 10.0. The summed E-state index contributed by atoms with van der Waals surface area (Å²) in [6.07, 6.45) is -0.127. The van der Waals surface area contributed by atoms with Crippen LogP contribution < -0.4 is 9.47 Å². The topological polar surface area (TPSA) is 38.7 Å². The molecule has 1 aromatic carbocycles. The second-order valence-corrected chi connectivity index (χ2v) is 5.41. The summed E-state index contributed by atoms with van der Waals surface area (Å²) in [6.45, 7) is 0. The third kappa shape index (κ3) is 3.03. The van der Waals surface area contributed by atoms with Crippen LogP contribution in [0.3, 0.4) is 0 Å². The number of benzene rings is 1. The van der Waals surface area contributed by atoms with Crippen molar-refractivity contribution in [2.75, 3.05) is 14.2 Å². The standard InChI is InChI=1S/C14H15ClO3S/c1-17-12-6-5-10(13(15)14(12)18-2)11(16)8-9-4-3-7-19-9/h3-7,11,16H,8H2,1-2H3. The van der Waals surface area contributed by atoms with Crippen molar-refractivity contribution in [2.45, 2.75) is 12.5 Å². The van der Waals surface area contributed by atoms with Crippen LogP contribution in [0.4, 0.5) is 0 Å². The minimum atomic E-state index is -0.661. The molecule has 1 heterocycles. The lowest BCUT2D eigenvalue weighted by Crippen LogP contribution is -2.03. The number of rotatable bonds is 5. The minimum Gasteiger partial charge on any atom is -0.493 e. The fourth-order valence-electron chi connectivity index (χ4n) is 1.89. The van der Waals surface area contributed by atoms with Crippen molar-refractivity contribution in [3.8, 4) is 11.5 Å². The van der Waals surface area contributed by atoms with E-state index in [4.69, 9.17) is 21.1 Å². The molecule has 102 valence electrons. The second-order valence-electron chi connectivity index (χ2n) is 4.00. The first-order valence-electron chi connectivity index (χ1n) is 5.78. The molecule has 19 heavy (non-hydrogen) atoms. The average molecular weight is 299 g/mol. The van der Waals surface area contributed by atoms with Crippen LogP contribution in [0.2, 0.25) is 5.02 Å². The van der Waals surface area contributed by atoms with Crippen molar-refractivity contribution in [1.29, 1.82) is 0 Å². The van der Waals surface area contributed by atoms with E-state index >= 15 is 0 Å². The highest BCUT2D eigenvalue weighted by molar-refractivity contribution is 7.09. The van der Waals surface area contributed by atoms with Crippen molar-refractivity contribution in [3.63, 3.8) is 0 Å². The number of hydrogen-bond donors (Lipinski definition) is 1. The van der Waals surface area contributed by atoms with Gasteiger partial charge in [-0.15, -0.1) is 11.3 Å². The maximum Gasteiger partial charge on any atom is 0.179 e. The Hall–Kier alpha value is -1.23. The van der Waals surface area contributed by atoms with E-state index in [2.05, 4.69) is 0 Å². The Morgan fingerprint density at radius 2 is 2.05 bits per heavy atom. The fourth-order valence-corrected chi connectivity index (χ4v) is 2.99. The monoisotopic (exact) mass is 298 g/mol. The summed E-state index contributed by atoms with van der Waals surface area (Å²) in [4.78, 5) is 1.11. The van der Waals surface area contributed by atoms with E-state index in [1.807, 2.05) is 17.5 Å². The molecule has 0 aliphatic rings. The summed E-state index contributed by atoms with van der Waals surface area (Å²) in [5.41, 5.74) is 0.646. The molecule has 5 heteroatoms. The Balaban J connectivity index is 2.29. The lowest BCUT2D eigenvalue weighted by Gasteiger charge is -2.16. The zero-order valence-corrected chi connectivity index (χ0v) is 12.3. The highest BCUT2D eigenvalue weighted by Gasteiger charge is 2.19. The van der Waals surface area contributed by atoms with Crippen LogP contribution in [0, 0.1) is 0 Å². The summed E-state index contributed by atoms with van der Waals surface area (Å²) < 4.78 is 10.4. The summed E-state index contributed by atoms with van der Waals surface area (Å²) in [6, 6.07) is 7.46. The quantitative estimate of drug-likeness (QED) is 0.915. The smallest absolute Gasteiger partial charge is 0.179 e. The largest absolute Gasteiger partial charge is 0.493 e. The molecular formula is C14H15ClO3S. The van der Waals surface area contributed by atoms with E-state index in [1.54, 1.807) is 30.6 Å². The lowest BCUT2D eigenvalue weighted by molar-refractivity contribution is 0.179. The molecule has 2 aromatic rings. The molecular weight excluding hydrogens is 284 g/mol. The van der Waals surface area contributed by atoms with E-state index in [1.165, 1.54) is 7.11 Å². The van der Waals surface area contributed by atoms with E-state index < -0.39 is 6.10 Å². The number of aliphatic hydroxyl groups is 1. The van der Waals surface area contributed by atoms with Gasteiger partial charge in [-0.05, 0) is 17.5 Å². The van der Waals surface area contributed by atoms with Crippen molar-refractivity contribution >= 4 is 22.9 Å². The van der Waals surface area contributed by atoms with E-state index in [9.17, 15) is 5.11 Å². The van der Waals surface area contributed by atoms with Crippen LogP contribution in [0.1, 0.15) is 16.5 Å². The van der Waals surface area contributed by atoms with Gasteiger partial charge < -0.3 is 14.6 Å². The third-order valence-corrected chi connectivity index (χ3v) is 4.14. The molecule has 2 rings (SSSR count). The molecule has 0 aliphatic heterocycles. The van der Waals surface area contributed by atoms with Crippen molar-refractivity contribution < 1.29 is 14.6 Å². The Labute approximate surface area is 121 Å². The second kappa shape index (κ2) is 6.28. The maximum atomic E-state index is 10.3. The van der Waals surface area contributed by atoms with Crippen LogP contribution in [0.5, 0.6) is 11.5 Å². The first-order valence-corrected chi connectivity index (χ1v) is 7.04. The third-order valence-electron chi connectivity index (χ3n) is 2.85. The van der Waals surface area contributed by atoms with Gasteiger partial charge in [-0.2, -0.15) is 0 Å². The Kier molecular flexibility index (Phi) is 4.69. The van der Waals surface area contributed by atoms with E-state index in [0.29, 0.717) is 28.5 Å². The van der Waals surface area contributed by atoms with Crippen LogP contribution in [-0.2, 0) is 6.42 Å². The van der Waals surface area contributed by atoms with Crippen LogP contribution in [0.15, 0.2) is 29.6 Å². The SMILES string of the molecule is COc1ccc(C(O)Cc2cccs2)c(Cl)c1OC. The summed E-state index contributed by atoms with van der Waals surface area (Å²) in [5.74, 6) is 1.01. The summed E-state index contributed by atoms with van der Waals surface area (Å²) in [7, 11) is 3.08. The molecule has 0 bridgehead atoms. The number of ether oxygens (including phenoxy) is 2. The van der Waals surface area contributed by atoms with Gasteiger partial charge in [0.05, 0.1) is 25.3 Å². The zero-order chi connectivity index (χ0) is 13.8. The van der Waals surface area contributed by atoms with Gasteiger partial charge in [0, 0.05) is 16.9 Å². The fraction of sp³-hybridized carbons (Fsp3) is 0.286. The van der Waals surface area contributed by atoms with Gasteiger partial charge in [0.2, 0.25) is 0 Å². The predicted octanol–water partition coefficient (Wildman–Crippen LogP) is 3.69. The summed E-state index contributed by atoms with van der Waals surface area (Å²) >= 11 is 7.88. The van der Waals surface area contributed by atoms with Crippen molar-refractivity contribution in [3.05, 3.63) is 45.1 Å². The number of halogens is 1. The van der Waals surface area contributed by atoms with Gasteiger partial charge in [0.1, 0.15) is 0 Å². The molecule has 0 fully saturated rings. The average Bonchev–Trinajstić information content (AvgIpc) is 2.90. The van der Waals surface area contributed by atoms with Gasteiger partial charge in [-0.1, -0.05) is 23.7 Å². The van der Waals surface area contributed by atoms with Crippen molar-refractivity contribution in [1.82, 2.24) is 0 Å². The van der Waals surface area contributed by atoms with Gasteiger partial charge in [-0.25, -0.2) is 0 Å². The van der Waals surface area contributed by atoms with Crippen LogP contribution in [-0.4, -0.2) is 19.3 Å². The Morgan fingerprint density at radius 3 is 2.63 bits per heavy atom. The van der Waals surface area contributed by atoms with E-state index in [-0.39, 0.29) is 0 Å². The minimum absolute atomic E-state index is 0.394. The highest BCUT2D eigenvalue weighted by Crippen LogP contribution is 2.40. The molecule has 1 N–H and O–H groups in total. The Morgan fingerprint density at radius 1 is 1.26 bits per heavy atom.